The van der Waals surface area contributed by atoms with Gasteiger partial charge in [0.25, 0.3) is 0 Å². The molecule has 1 aliphatic rings. The van der Waals surface area contributed by atoms with E-state index in [1.54, 1.807) is 12.1 Å². The van der Waals surface area contributed by atoms with Gasteiger partial charge in [-0.25, -0.2) is 0 Å². The van der Waals surface area contributed by atoms with Gasteiger partial charge in [0, 0.05) is 18.1 Å². The summed E-state index contributed by atoms with van der Waals surface area (Å²) >= 11 is 6.12. The number of hydrogen-bond acceptors (Lipinski definition) is 3. The first-order valence-corrected chi connectivity index (χ1v) is 7.65. The lowest BCUT2D eigenvalue weighted by Crippen LogP contribution is -2.40. The molecule has 0 N–H and O–H groups in total. The standard InChI is InChI=1S/C15H14ClF3N4O/c1-9-2-3-10(11(16)6-9)7-13(24)22-4-5-23-12(8-22)20-21-14(23)15(17,18)19/h2-3,6H,4-5,7-8H2,1H3. The van der Waals surface area contributed by atoms with Crippen LogP contribution < -0.4 is 0 Å². The van der Waals surface area contributed by atoms with Gasteiger partial charge in [-0.15, -0.1) is 10.2 Å². The van der Waals surface area contributed by atoms with Crippen LogP contribution in [0.25, 0.3) is 0 Å². The summed E-state index contributed by atoms with van der Waals surface area (Å²) in [7, 11) is 0. The molecule has 1 aromatic heterocycles. The van der Waals surface area contributed by atoms with Crippen LogP contribution in [0.15, 0.2) is 18.2 Å². The molecule has 0 unspecified atom stereocenters. The molecule has 9 heteroatoms. The van der Waals surface area contributed by atoms with Crippen LogP contribution in [0.2, 0.25) is 5.02 Å². The van der Waals surface area contributed by atoms with Crippen LogP contribution in [0.3, 0.4) is 0 Å². The molecule has 0 fully saturated rings. The molecule has 1 aromatic carbocycles. The van der Waals surface area contributed by atoms with Crippen LogP contribution in [0, 0.1) is 6.92 Å². The maximum absolute atomic E-state index is 12.8. The largest absolute Gasteiger partial charge is 0.451 e. The maximum Gasteiger partial charge on any atom is 0.451 e. The predicted molar refractivity (Wildman–Crippen MR) is 80.3 cm³/mol. The summed E-state index contributed by atoms with van der Waals surface area (Å²) in [6.07, 6.45) is -4.45. The van der Waals surface area contributed by atoms with Gasteiger partial charge >= 0.3 is 6.18 Å². The Bertz CT molecular complexity index is 788. The van der Waals surface area contributed by atoms with E-state index in [1.165, 1.54) is 4.90 Å². The second-order valence-electron chi connectivity index (χ2n) is 5.68. The lowest BCUT2D eigenvalue weighted by atomic mass is 10.1. The normalized spacial score (nSPS) is 14.6. The van der Waals surface area contributed by atoms with E-state index < -0.39 is 12.0 Å². The molecule has 24 heavy (non-hydrogen) atoms. The fourth-order valence-electron chi connectivity index (χ4n) is 2.65. The van der Waals surface area contributed by atoms with Gasteiger partial charge in [-0.2, -0.15) is 13.2 Å². The Morgan fingerprint density at radius 1 is 1.29 bits per heavy atom. The number of carbonyl (C=O) groups is 1. The topological polar surface area (TPSA) is 51.0 Å². The molecule has 0 bridgehead atoms. The molecular formula is C15H14ClF3N4O. The van der Waals surface area contributed by atoms with Crippen LogP contribution in [-0.2, 0) is 30.5 Å². The van der Waals surface area contributed by atoms with E-state index in [9.17, 15) is 18.0 Å². The van der Waals surface area contributed by atoms with Crippen molar-refractivity contribution in [2.75, 3.05) is 6.54 Å². The fourth-order valence-corrected chi connectivity index (χ4v) is 2.95. The van der Waals surface area contributed by atoms with E-state index in [0.29, 0.717) is 10.6 Å². The van der Waals surface area contributed by atoms with E-state index in [2.05, 4.69) is 10.2 Å². The van der Waals surface area contributed by atoms with Gasteiger partial charge in [-0.1, -0.05) is 23.7 Å². The lowest BCUT2D eigenvalue weighted by molar-refractivity contribution is -0.148. The van der Waals surface area contributed by atoms with Crippen LogP contribution in [-0.4, -0.2) is 32.1 Å². The number of halogens is 4. The van der Waals surface area contributed by atoms with Gasteiger partial charge < -0.3 is 9.47 Å². The van der Waals surface area contributed by atoms with Crippen molar-refractivity contribution >= 4 is 17.5 Å². The summed E-state index contributed by atoms with van der Waals surface area (Å²) in [6.45, 7) is 2.10. The van der Waals surface area contributed by atoms with Crippen molar-refractivity contribution in [3.8, 4) is 0 Å². The summed E-state index contributed by atoms with van der Waals surface area (Å²) in [6, 6.07) is 5.41. The number of fused-ring (bicyclic) bond motifs is 1. The van der Waals surface area contributed by atoms with Crippen molar-refractivity contribution in [3.63, 3.8) is 0 Å². The van der Waals surface area contributed by atoms with Gasteiger partial charge in [0.1, 0.15) is 0 Å². The molecule has 0 saturated heterocycles. The molecule has 0 aliphatic carbocycles. The van der Waals surface area contributed by atoms with E-state index in [1.807, 2.05) is 13.0 Å². The number of aryl methyl sites for hydroxylation is 1. The maximum atomic E-state index is 12.8. The summed E-state index contributed by atoms with van der Waals surface area (Å²) in [5.41, 5.74) is 1.68. The van der Waals surface area contributed by atoms with Gasteiger partial charge in [0.05, 0.1) is 13.0 Å². The highest BCUT2D eigenvalue weighted by Crippen LogP contribution is 2.29. The smallest absolute Gasteiger partial charge is 0.333 e. The second kappa shape index (κ2) is 6.08. The molecular weight excluding hydrogens is 345 g/mol. The van der Waals surface area contributed by atoms with E-state index >= 15 is 0 Å². The first-order chi connectivity index (χ1) is 11.3. The number of hydrogen-bond donors (Lipinski definition) is 0. The third-order valence-corrected chi connectivity index (χ3v) is 4.26. The van der Waals surface area contributed by atoms with Gasteiger partial charge in [0.15, 0.2) is 5.82 Å². The average molecular weight is 359 g/mol. The number of rotatable bonds is 2. The lowest BCUT2D eigenvalue weighted by Gasteiger charge is -2.28. The highest BCUT2D eigenvalue weighted by atomic mass is 35.5. The van der Waals surface area contributed by atoms with Crippen molar-refractivity contribution in [2.45, 2.75) is 32.6 Å². The first-order valence-electron chi connectivity index (χ1n) is 7.28. The number of aromatic nitrogens is 3. The minimum atomic E-state index is -4.55. The predicted octanol–water partition coefficient (Wildman–Crippen LogP) is 2.84. The molecule has 3 rings (SSSR count). The zero-order valence-corrected chi connectivity index (χ0v) is 13.5. The fraction of sp³-hybridized carbons (Fsp3) is 0.400. The summed E-state index contributed by atoms with van der Waals surface area (Å²) < 4.78 is 39.4. The molecule has 1 amide bonds. The molecule has 2 aromatic rings. The third kappa shape index (κ3) is 3.24. The minimum absolute atomic E-state index is 0.00535. The molecule has 5 nitrogen and oxygen atoms in total. The molecule has 2 heterocycles. The molecule has 128 valence electrons. The van der Waals surface area contributed by atoms with Crippen LogP contribution in [0.4, 0.5) is 13.2 Å². The van der Waals surface area contributed by atoms with Crippen molar-refractivity contribution in [3.05, 3.63) is 46.0 Å². The Morgan fingerprint density at radius 3 is 2.71 bits per heavy atom. The Hall–Kier alpha value is -2.09. The van der Waals surface area contributed by atoms with Gasteiger partial charge in [0.2, 0.25) is 11.7 Å². The molecule has 0 saturated carbocycles. The number of benzene rings is 1. The minimum Gasteiger partial charge on any atom is -0.333 e. The highest BCUT2D eigenvalue weighted by Gasteiger charge is 2.39. The van der Waals surface area contributed by atoms with Crippen LogP contribution in [0.1, 0.15) is 22.8 Å². The molecule has 0 spiro atoms. The average Bonchev–Trinajstić information content (AvgIpc) is 2.93. The first kappa shape index (κ1) is 16.8. The Labute approximate surface area is 141 Å². The number of amides is 1. The summed E-state index contributed by atoms with van der Waals surface area (Å²) in [5, 5.41) is 7.27. The van der Waals surface area contributed by atoms with Crippen LogP contribution >= 0.6 is 11.6 Å². The zero-order valence-electron chi connectivity index (χ0n) is 12.8. The molecule has 1 aliphatic heterocycles. The quantitative estimate of drug-likeness (QED) is 0.829. The zero-order chi connectivity index (χ0) is 17.5. The van der Waals surface area contributed by atoms with E-state index in [-0.39, 0.29) is 37.8 Å². The van der Waals surface area contributed by atoms with Crippen LogP contribution in [0.5, 0.6) is 0 Å². The number of carbonyl (C=O) groups excluding carboxylic acids is 1. The summed E-state index contributed by atoms with van der Waals surface area (Å²) in [4.78, 5) is 13.9. The highest BCUT2D eigenvalue weighted by molar-refractivity contribution is 6.31. The van der Waals surface area contributed by atoms with Crippen molar-refractivity contribution in [1.82, 2.24) is 19.7 Å². The SMILES string of the molecule is Cc1ccc(CC(=O)N2CCn3c(nnc3C(F)(F)F)C2)c(Cl)c1. The van der Waals surface area contributed by atoms with Crippen molar-refractivity contribution in [2.24, 2.45) is 0 Å². The van der Waals surface area contributed by atoms with Crippen molar-refractivity contribution in [1.29, 1.82) is 0 Å². The Morgan fingerprint density at radius 2 is 2.04 bits per heavy atom. The number of nitrogens with zero attached hydrogens (tertiary/aromatic N) is 4. The van der Waals surface area contributed by atoms with Gasteiger partial charge in [-0.3, -0.25) is 4.79 Å². The summed E-state index contributed by atoms with van der Waals surface area (Å²) in [5.74, 6) is -1.09. The molecule has 0 atom stereocenters. The third-order valence-electron chi connectivity index (χ3n) is 3.91. The van der Waals surface area contributed by atoms with E-state index in [4.69, 9.17) is 11.6 Å². The monoisotopic (exact) mass is 358 g/mol. The van der Waals surface area contributed by atoms with E-state index in [0.717, 1.165) is 10.1 Å². The Balaban J connectivity index is 1.73. The number of alkyl halides is 3. The van der Waals surface area contributed by atoms with Gasteiger partial charge in [-0.05, 0) is 24.1 Å². The van der Waals surface area contributed by atoms with Crippen molar-refractivity contribution < 1.29 is 18.0 Å². The second-order valence-corrected chi connectivity index (χ2v) is 6.08. The molecule has 0 radical (unpaired) electrons. The Kier molecular flexibility index (Phi) is 4.25.